The molecule has 6 heteroatoms. The molecule has 4 nitrogen and oxygen atoms in total. The van der Waals surface area contributed by atoms with Crippen molar-refractivity contribution in [2.75, 3.05) is 5.75 Å². The molecule has 2 aromatic carbocycles. The van der Waals surface area contributed by atoms with Crippen molar-refractivity contribution in [3.05, 3.63) is 65.2 Å². The first kappa shape index (κ1) is 17.4. The topological polar surface area (TPSA) is 58.2 Å². The van der Waals surface area contributed by atoms with Crippen molar-refractivity contribution >= 4 is 35.2 Å². The number of amides is 2. The number of carbonyl (C=O) groups excluding carboxylic acids is 2. The smallest absolute Gasteiger partial charge is 0.248 e. The molecule has 0 bridgehead atoms. The van der Waals surface area contributed by atoms with Crippen LogP contribution in [-0.4, -0.2) is 17.6 Å². The van der Waals surface area contributed by atoms with Gasteiger partial charge in [0.05, 0.1) is 5.75 Å². The maximum atomic E-state index is 11.7. The summed E-state index contributed by atoms with van der Waals surface area (Å²) in [6.07, 6.45) is 0.969. The molecule has 0 atom stereocenters. The Kier molecular flexibility index (Phi) is 6.97. The normalized spacial score (nSPS) is 10.1. The van der Waals surface area contributed by atoms with E-state index in [1.54, 1.807) is 12.1 Å². The number of hydrogen-bond acceptors (Lipinski definition) is 3. The molecule has 2 rings (SSSR count). The Morgan fingerprint density at radius 3 is 2.26 bits per heavy atom. The van der Waals surface area contributed by atoms with Crippen LogP contribution in [0.1, 0.15) is 12.0 Å². The van der Waals surface area contributed by atoms with Gasteiger partial charge in [0, 0.05) is 16.3 Å². The first-order valence-electron chi connectivity index (χ1n) is 7.13. The first-order chi connectivity index (χ1) is 11.1. The Hall–Kier alpha value is -1.98. The molecule has 2 N–H and O–H groups in total. The third-order valence-electron chi connectivity index (χ3n) is 3.01. The third kappa shape index (κ3) is 6.76. The van der Waals surface area contributed by atoms with E-state index in [4.69, 9.17) is 11.6 Å². The van der Waals surface area contributed by atoms with E-state index < -0.39 is 0 Å². The number of benzene rings is 2. The molecule has 0 fully saturated rings. The van der Waals surface area contributed by atoms with Crippen molar-refractivity contribution in [1.29, 1.82) is 0 Å². The quantitative estimate of drug-likeness (QED) is 0.622. The Labute approximate surface area is 144 Å². The summed E-state index contributed by atoms with van der Waals surface area (Å²) < 4.78 is 0. The number of hydrazine groups is 1. The van der Waals surface area contributed by atoms with Crippen LogP contribution in [0.5, 0.6) is 0 Å². The van der Waals surface area contributed by atoms with Crippen LogP contribution in [0.4, 0.5) is 0 Å². The summed E-state index contributed by atoms with van der Waals surface area (Å²) in [5, 5.41) is 0.657. The number of thioether (sulfide) groups is 1. The van der Waals surface area contributed by atoms with Gasteiger partial charge < -0.3 is 0 Å². The standard InChI is InChI=1S/C17H17ClN2O2S/c18-14-7-9-15(10-8-14)23-12-17(22)20-19-16(21)11-6-13-4-2-1-3-5-13/h1-5,7-10H,6,11-12H2,(H,19,21)(H,20,22). The van der Waals surface area contributed by atoms with Crippen LogP contribution in [0, 0.1) is 0 Å². The van der Waals surface area contributed by atoms with Crippen molar-refractivity contribution in [1.82, 2.24) is 10.9 Å². The van der Waals surface area contributed by atoms with Gasteiger partial charge in [0.25, 0.3) is 0 Å². The zero-order chi connectivity index (χ0) is 16.5. The summed E-state index contributed by atoms with van der Waals surface area (Å²) in [4.78, 5) is 24.3. The van der Waals surface area contributed by atoms with Crippen molar-refractivity contribution in [2.24, 2.45) is 0 Å². The molecular weight excluding hydrogens is 332 g/mol. The summed E-state index contributed by atoms with van der Waals surface area (Å²) in [7, 11) is 0. The van der Waals surface area contributed by atoms with Crippen LogP contribution in [0.25, 0.3) is 0 Å². The fourth-order valence-electron chi connectivity index (χ4n) is 1.82. The monoisotopic (exact) mass is 348 g/mol. The Bertz CT molecular complexity index is 647. The third-order valence-corrected chi connectivity index (χ3v) is 4.27. The minimum Gasteiger partial charge on any atom is -0.273 e. The molecule has 0 heterocycles. The maximum absolute atomic E-state index is 11.7. The highest BCUT2D eigenvalue weighted by atomic mass is 35.5. The van der Waals surface area contributed by atoms with Crippen LogP contribution in [0.2, 0.25) is 5.02 Å². The second-order valence-electron chi connectivity index (χ2n) is 4.82. The van der Waals surface area contributed by atoms with Gasteiger partial charge >= 0.3 is 0 Å². The zero-order valence-corrected chi connectivity index (χ0v) is 14.0. The SMILES string of the molecule is O=C(CCc1ccccc1)NNC(=O)CSc1ccc(Cl)cc1. The Morgan fingerprint density at radius 2 is 1.57 bits per heavy atom. The van der Waals surface area contributed by atoms with E-state index in [1.165, 1.54) is 11.8 Å². The van der Waals surface area contributed by atoms with Crippen LogP contribution >= 0.6 is 23.4 Å². The van der Waals surface area contributed by atoms with E-state index >= 15 is 0 Å². The van der Waals surface area contributed by atoms with Gasteiger partial charge in [-0.15, -0.1) is 11.8 Å². The van der Waals surface area contributed by atoms with Gasteiger partial charge in [-0.25, -0.2) is 0 Å². The Balaban J connectivity index is 1.63. The van der Waals surface area contributed by atoms with E-state index in [2.05, 4.69) is 10.9 Å². The molecule has 0 saturated heterocycles. The van der Waals surface area contributed by atoms with Crippen molar-refractivity contribution < 1.29 is 9.59 Å². The van der Waals surface area contributed by atoms with Crippen LogP contribution < -0.4 is 10.9 Å². The summed E-state index contributed by atoms with van der Waals surface area (Å²) in [6.45, 7) is 0. The van der Waals surface area contributed by atoms with E-state index in [0.717, 1.165) is 10.5 Å². The highest BCUT2D eigenvalue weighted by molar-refractivity contribution is 8.00. The highest BCUT2D eigenvalue weighted by Crippen LogP contribution is 2.19. The van der Waals surface area contributed by atoms with Gasteiger partial charge in [-0.3, -0.25) is 20.4 Å². The van der Waals surface area contributed by atoms with Gasteiger partial charge in [-0.05, 0) is 36.2 Å². The van der Waals surface area contributed by atoms with Crippen molar-refractivity contribution in [3.8, 4) is 0 Å². The lowest BCUT2D eigenvalue weighted by molar-refractivity contribution is -0.127. The maximum Gasteiger partial charge on any atom is 0.248 e. The number of hydrogen-bond donors (Lipinski definition) is 2. The number of rotatable bonds is 6. The second-order valence-corrected chi connectivity index (χ2v) is 6.31. The Morgan fingerprint density at radius 1 is 0.913 bits per heavy atom. The first-order valence-corrected chi connectivity index (χ1v) is 8.50. The van der Waals surface area contributed by atoms with Crippen LogP contribution in [0.15, 0.2) is 59.5 Å². The molecule has 0 spiro atoms. The minimum absolute atomic E-state index is 0.210. The fraction of sp³-hybridized carbons (Fsp3) is 0.176. The number of carbonyl (C=O) groups is 2. The summed E-state index contributed by atoms with van der Waals surface area (Å²) >= 11 is 7.17. The molecule has 23 heavy (non-hydrogen) atoms. The molecule has 0 radical (unpaired) electrons. The molecule has 2 aromatic rings. The largest absolute Gasteiger partial charge is 0.273 e. The van der Waals surface area contributed by atoms with E-state index in [-0.39, 0.29) is 17.6 Å². The van der Waals surface area contributed by atoms with E-state index in [9.17, 15) is 9.59 Å². The minimum atomic E-state index is -0.252. The van der Waals surface area contributed by atoms with Gasteiger partial charge in [-0.2, -0.15) is 0 Å². The fourth-order valence-corrected chi connectivity index (χ4v) is 2.64. The van der Waals surface area contributed by atoms with E-state index in [0.29, 0.717) is 17.9 Å². The summed E-state index contributed by atoms with van der Waals surface area (Å²) in [5.41, 5.74) is 5.93. The number of halogens is 1. The average molecular weight is 349 g/mol. The number of nitrogens with one attached hydrogen (secondary N) is 2. The average Bonchev–Trinajstić information content (AvgIpc) is 2.58. The second kappa shape index (κ2) is 9.22. The molecule has 120 valence electrons. The molecule has 0 aliphatic rings. The predicted molar refractivity (Wildman–Crippen MR) is 93.2 cm³/mol. The molecule has 2 amide bonds. The van der Waals surface area contributed by atoms with Gasteiger partial charge in [0.2, 0.25) is 11.8 Å². The molecular formula is C17H17ClN2O2S. The lowest BCUT2D eigenvalue weighted by atomic mass is 10.1. The van der Waals surface area contributed by atoms with Crippen molar-refractivity contribution in [2.45, 2.75) is 17.7 Å². The van der Waals surface area contributed by atoms with Gasteiger partial charge in [0.1, 0.15) is 0 Å². The molecule has 0 saturated carbocycles. The molecule has 0 aliphatic carbocycles. The number of aryl methyl sites for hydroxylation is 1. The lowest BCUT2D eigenvalue weighted by Gasteiger charge is -2.07. The zero-order valence-electron chi connectivity index (χ0n) is 12.4. The molecule has 0 unspecified atom stereocenters. The van der Waals surface area contributed by atoms with Crippen LogP contribution in [0.3, 0.4) is 0 Å². The summed E-state index contributed by atoms with van der Waals surface area (Å²) in [6, 6.07) is 17.0. The van der Waals surface area contributed by atoms with Gasteiger partial charge in [-0.1, -0.05) is 41.9 Å². The molecule has 0 aliphatic heterocycles. The lowest BCUT2D eigenvalue weighted by Crippen LogP contribution is -2.42. The van der Waals surface area contributed by atoms with E-state index in [1.807, 2.05) is 42.5 Å². The predicted octanol–water partition coefficient (Wildman–Crippen LogP) is 3.21. The van der Waals surface area contributed by atoms with Gasteiger partial charge in [0.15, 0.2) is 0 Å². The van der Waals surface area contributed by atoms with Crippen molar-refractivity contribution in [3.63, 3.8) is 0 Å². The molecule has 0 aromatic heterocycles. The summed E-state index contributed by atoms with van der Waals surface area (Å²) in [5.74, 6) is -0.239. The van der Waals surface area contributed by atoms with Crippen LogP contribution in [-0.2, 0) is 16.0 Å². The highest BCUT2D eigenvalue weighted by Gasteiger charge is 2.06.